The molecule has 0 saturated carbocycles. The summed E-state index contributed by atoms with van der Waals surface area (Å²) in [5.74, 6) is 0.853. The van der Waals surface area contributed by atoms with Crippen molar-refractivity contribution in [1.82, 2.24) is 4.98 Å². The van der Waals surface area contributed by atoms with E-state index in [1.807, 2.05) is 30.3 Å². The summed E-state index contributed by atoms with van der Waals surface area (Å²) < 4.78 is 5.67. The van der Waals surface area contributed by atoms with E-state index in [2.05, 4.69) is 4.98 Å². The third-order valence-corrected chi connectivity index (χ3v) is 4.18. The first-order chi connectivity index (χ1) is 8.83. The average molecular weight is 261 g/mol. The highest BCUT2D eigenvalue weighted by atomic mass is 32.1. The monoisotopic (exact) mass is 261 g/mol. The molecule has 1 N–H and O–H groups in total. The van der Waals surface area contributed by atoms with Crippen LogP contribution in [0.25, 0.3) is 0 Å². The predicted octanol–water partition coefficient (Wildman–Crippen LogP) is 3.09. The molecule has 1 aromatic heterocycles. The zero-order chi connectivity index (χ0) is 12.4. The molecule has 94 valence electrons. The lowest BCUT2D eigenvalue weighted by Crippen LogP contribution is -2.07. The molecule has 1 aliphatic carbocycles. The lowest BCUT2D eigenvalue weighted by atomic mass is 10.0. The van der Waals surface area contributed by atoms with Crippen LogP contribution in [0, 0.1) is 0 Å². The normalized spacial score (nSPS) is 18.4. The largest absolute Gasteiger partial charge is 0.486 e. The topological polar surface area (TPSA) is 42.4 Å². The first-order valence-electron chi connectivity index (χ1n) is 6.17. The Labute approximate surface area is 110 Å². The van der Waals surface area contributed by atoms with Crippen molar-refractivity contribution in [3.05, 3.63) is 45.9 Å². The summed E-state index contributed by atoms with van der Waals surface area (Å²) in [6.07, 6.45) is 2.54. The van der Waals surface area contributed by atoms with Crippen LogP contribution in [0.2, 0.25) is 0 Å². The molecule has 1 aromatic carbocycles. The first kappa shape index (κ1) is 11.7. The van der Waals surface area contributed by atoms with Crippen LogP contribution in [0.3, 0.4) is 0 Å². The van der Waals surface area contributed by atoms with Crippen molar-refractivity contribution < 1.29 is 9.84 Å². The molecule has 1 aliphatic rings. The van der Waals surface area contributed by atoms with Gasteiger partial charge < -0.3 is 9.84 Å². The highest BCUT2D eigenvalue weighted by molar-refractivity contribution is 7.11. The van der Waals surface area contributed by atoms with Crippen LogP contribution >= 0.6 is 11.3 Å². The molecular formula is C14H15NO2S. The van der Waals surface area contributed by atoms with Gasteiger partial charge in [0.1, 0.15) is 17.4 Å². The van der Waals surface area contributed by atoms with E-state index in [-0.39, 0.29) is 6.10 Å². The molecule has 2 aromatic rings. The van der Waals surface area contributed by atoms with Gasteiger partial charge in [-0.05, 0) is 31.4 Å². The Morgan fingerprint density at radius 1 is 1.33 bits per heavy atom. The number of ether oxygens (including phenoxy) is 1. The fourth-order valence-corrected chi connectivity index (χ4v) is 3.25. The highest BCUT2D eigenvalue weighted by Crippen LogP contribution is 2.33. The number of aliphatic hydroxyl groups excluding tert-OH is 1. The van der Waals surface area contributed by atoms with Crippen LogP contribution in [0.15, 0.2) is 30.3 Å². The lowest BCUT2D eigenvalue weighted by Gasteiger charge is -2.14. The zero-order valence-electron chi connectivity index (χ0n) is 10.0. The molecule has 0 amide bonds. The summed E-state index contributed by atoms with van der Waals surface area (Å²) in [7, 11) is 0. The van der Waals surface area contributed by atoms with E-state index in [4.69, 9.17) is 4.74 Å². The number of hydrogen-bond acceptors (Lipinski definition) is 4. The van der Waals surface area contributed by atoms with E-state index in [1.165, 1.54) is 4.88 Å². The highest BCUT2D eigenvalue weighted by Gasteiger charge is 2.22. The van der Waals surface area contributed by atoms with Crippen molar-refractivity contribution in [3.63, 3.8) is 0 Å². The number of thiazole rings is 1. The molecule has 3 rings (SSSR count). The van der Waals surface area contributed by atoms with Crippen molar-refractivity contribution in [2.45, 2.75) is 32.0 Å². The number of aliphatic hydroxyl groups is 1. The molecule has 0 saturated heterocycles. The maximum absolute atomic E-state index is 9.86. The first-order valence-corrected chi connectivity index (χ1v) is 6.99. The van der Waals surface area contributed by atoms with Crippen molar-refractivity contribution in [2.75, 3.05) is 0 Å². The van der Waals surface area contributed by atoms with Gasteiger partial charge in [0.05, 0.1) is 11.8 Å². The maximum Gasteiger partial charge on any atom is 0.140 e. The van der Waals surface area contributed by atoms with Gasteiger partial charge in [-0.1, -0.05) is 18.2 Å². The van der Waals surface area contributed by atoms with E-state index in [0.717, 1.165) is 35.7 Å². The van der Waals surface area contributed by atoms with Gasteiger partial charge in [0.2, 0.25) is 0 Å². The lowest BCUT2D eigenvalue weighted by molar-refractivity contribution is 0.152. The van der Waals surface area contributed by atoms with E-state index in [0.29, 0.717) is 6.61 Å². The number of benzene rings is 1. The number of fused-ring (bicyclic) bond motifs is 1. The number of aryl methyl sites for hydroxylation is 1. The number of para-hydroxylation sites is 1. The quantitative estimate of drug-likeness (QED) is 0.923. The number of nitrogens with zero attached hydrogens (tertiary/aromatic N) is 1. The van der Waals surface area contributed by atoms with Crippen molar-refractivity contribution >= 4 is 11.3 Å². The molecule has 1 atom stereocenters. The molecule has 0 bridgehead atoms. The van der Waals surface area contributed by atoms with Gasteiger partial charge in [-0.2, -0.15) is 0 Å². The summed E-state index contributed by atoms with van der Waals surface area (Å²) in [4.78, 5) is 5.71. The van der Waals surface area contributed by atoms with Crippen LogP contribution in [-0.2, 0) is 13.0 Å². The van der Waals surface area contributed by atoms with Gasteiger partial charge in [-0.3, -0.25) is 0 Å². The molecule has 1 heterocycles. The summed E-state index contributed by atoms with van der Waals surface area (Å²) in [5, 5.41) is 10.8. The van der Waals surface area contributed by atoms with Gasteiger partial charge >= 0.3 is 0 Å². The van der Waals surface area contributed by atoms with Crippen molar-refractivity contribution in [2.24, 2.45) is 0 Å². The summed E-state index contributed by atoms with van der Waals surface area (Å²) in [6, 6.07) is 9.73. The molecule has 0 aliphatic heterocycles. The maximum atomic E-state index is 9.86. The zero-order valence-corrected chi connectivity index (χ0v) is 10.8. The molecule has 0 radical (unpaired) electrons. The third kappa shape index (κ3) is 2.40. The minimum absolute atomic E-state index is 0.379. The summed E-state index contributed by atoms with van der Waals surface area (Å²) >= 11 is 1.66. The Hall–Kier alpha value is -1.39. The average Bonchev–Trinajstić information content (AvgIpc) is 2.82. The summed E-state index contributed by atoms with van der Waals surface area (Å²) in [5.41, 5.74) is 0.873. The molecule has 0 spiro atoms. The molecule has 1 unspecified atom stereocenters. The van der Waals surface area contributed by atoms with Crippen LogP contribution in [0.5, 0.6) is 5.75 Å². The fourth-order valence-electron chi connectivity index (χ4n) is 2.17. The Bertz CT molecular complexity index is 524. The van der Waals surface area contributed by atoms with Crippen molar-refractivity contribution in [3.8, 4) is 5.75 Å². The SMILES string of the molecule is OC1CCCc2sc(COc3ccccc3)nc21. The van der Waals surface area contributed by atoms with E-state index in [9.17, 15) is 5.11 Å². The van der Waals surface area contributed by atoms with Gasteiger partial charge in [-0.25, -0.2) is 4.98 Å². The molecule has 0 fully saturated rings. The van der Waals surface area contributed by atoms with Crippen LogP contribution in [0.1, 0.15) is 34.5 Å². The standard InChI is InChI=1S/C14H15NO2S/c16-11-7-4-8-12-14(11)15-13(18-12)9-17-10-5-2-1-3-6-10/h1-3,5-6,11,16H,4,7-9H2. The Morgan fingerprint density at radius 3 is 2.94 bits per heavy atom. The van der Waals surface area contributed by atoms with Crippen molar-refractivity contribution in [1.29, 1.82) is 0 Å². The van der Waals surface area contributed by atoms with Crippen LogP contribution < -0.4 is 4.74 Å². The van der Waals surface area contributed by atoms with Gasteiger partial charge in [0.15, 0.2) is 0 Å². The Kier molecular flexibility index (Phi) is 3.30. The van der Waals surface area contributed by atoms with Gasteiger partial charge in [-0.15, -0.1) is 11.3 Å². The second kappa shape index (κ2) is 5.08. The number of aromatic nitrogens is 1. The van der Waals surface area contributed by atoms with Gasteiger partial charge in [0, 0.05) is 4.88 Å². The Morgan fingerprint density at radius 2 is 2.17 bits per heavy atom. The molecule has 4 heteroatoms. The number of rotatable bonds is 3. The van der Waals surface area contributed by atoms with E-state index >= 15 is 0 Å². The minimum atomic E-state index is -0.379. The fraction of sp³-hybridized carbons (Fsp3) is 0.357. The number of hydrogen-bond donors (Lipinski definition) is 1. The van der Waals surface area contributed by atoms with Crippen LogP contribution in [0.4, 0.5) is 0 Å². The second-order valence-corrected chi connectivity index (χ2v) is 5.59. The molecule has 3 nitrogen and oxygen atoms in total. The van der Waals surface area contributed by atoms with E-state index < -0.39 is 0 Å². The Balaban J connectivity index is 1.70. The van der Waals surface area contributed by atoms with Gasteiger partial charge in [0.25, 0.3) is 0 Å². The second-order valence-electron chi connectivity index (χ2n) is 4.43. The molecular weight excluding hydrogens is 246 g/mol. The van der Waals surface area contributed by atoms with E-state index in [1.54, 1.807) is 11.3 Å². The minimum Gasteiger partial charge on any atom is -0.486 e. The predicted molar refractivity (Wildman–Crippen MR) is 70.8 cm³/mol. The third-order valence-electron chi connectivity index (χ3n) is 3.07. The van der Waals surface area contributed by atoms with Crippen LogP contribution in [-0.4, -0.2) is 10.1 Å². The smallest absolute Gasteiger partial charge is 0.140 e. The summed E-state index contributed by atoms with van der Waals surface area (Å²) in [6.45, 7) is 0.481. The molecule has 18 heavy (non-hydrogen) atoms.